The summed E-state index contributed by atoms with van der Waals surface area (Å²) in [4.78, 5) is 22.0. The van der Waals surface area contributed by atoms with Crippen molar-refractivity contribution in [3.63, 3.8) is 0 Å². The molecule has 0 radical (unpaired) electrons. The molecule has 0 bridgehead atoms. The van der Waals surface area contributed by atoms with E-state index in [1.165, 1.54) is 12.3 Å². The first-order valence-corrected chi connectivity index (χ1v) is 4.57. The van der Waals surface area contributed by atoms with E-state index in [0.717, 1.165) is 0 Å². The molecule has 0 aromatic carbocycles. The Hall–Kier alpha value is -1.55. The molecule has 0 saturated heterocycles. The van der Waals surface area contributed by atoms with Crippen LogP contribution in [0.5, 0.6) is 0 Å². The van der Waals surface area contributed by atoms with Gasteiger partial charge in [-0.3, -0.25) is 4.79 Å². The molecule has 0 spiro atoms. The average molecular weight is 228 g/mol. The van der Waals surface area contributed by atoms with Crippen molar-refractivity contribution in [2.45, 2.75) is 13.5 Å². The van der Waals surface area contributed by atoms with Crippen LogP contribution in [0.1, 0.15) is 16.1 Å². The van der Waals surface area contributed by atoms with E-state index in [9.17, 15) is 9.59 Å². The molecule has 1 heterocycles. The van der Waals surface area contributed by atoms with Crippen LogP contribution in [0.2, 0.25) is 0 Å². The molecular weight excluding hydrogens is 218 g/mol. The van der Waals surface area contributed by atoms with E-state index in [0.29, 0.717) is 10.7 Å². The fraction of sp³-hybridized carbons (Fsp3) is 0.200. The van der Waals surface area contributed by atoms with Crippen molar-refractivity contribution >= 4 is 17.6 Å². The summed E-state index contributed by atoms with van der Waals surface area (Å²) in [6.45, 7) is 5.49. The molecule has 1 N–H and O–H groups in total. The Morgan fingerprint density at radius 2 is 2.27 bits per heavy atom. The molecule has 4 nitrogen and oxygen atoms in total. The smallest absolute Gasteiger partial charge is 0.341 e. The lowest BCUT2D eigenvalue weighted by Gasteiger charge is -2.09. The Bertz CT molecular complexity index is 476. The Labute approximate surface area is 91.4 Å². The molecule has 5 heteroatoms. The summed E-state index contributed by atoms with van der Waals surface area (Å²) in [5.41, 5.74) is -0.123. The van der Waals surface area contributed by atoms with E-state index < -0.39 is 11.4 Å². The van der Waals surface area contributed by atoms with Crippen LogP contribution >= 0.6 is 11.6 Å². The number of aromatic carboxylic acids is 1. The van der Waals surface area contributed by atoms with Gasteiger partial charge in [0, 0.05) is 23.0 Å². The van der Waals surface area contributed by atoms with E-state index in [4.69, 9.17) is 16.7 Å². The first-order chi connectivity index (χ1) is 6.91. The second kappa shape index (κ2) is 4.31. The Kier molecular flexibility index (Phi) is 3.31. The fourth-order valence-corrected chi connectivity index (χ4v) is 1.32. The largest absolute Gasteiger partial charge is 0.477 e. The molecule has 0 atom stereocenters. The summed E-state index contributed by atoms with van der Waals surface area (Å²) in [6, 6.07) is 1.27. The molecule has 0 amide bonds. The number of nitrogens with zero attached hydrogens (tertiary/aromatic N) is 1. The molecule has 1 aromatic rings. The fourth-order valence-electron chi connectivity index (χ4n) is 1.19. The number of hydrogen-bond acceptors (Lipinski definition) is 2. The van der Waals surface area contributed by atoms with Crippen molar-refractivity contribution in [3.05, 3.63) is 45.4 Å². The number of carboxylic acid groups (broad SMARTS) is 1. The third-order valence-electron chi connectivity index (χ3n) is 1.92. The standard InChI is InChI=1S/C10H10ClNO3/c1-6(11)4-12-5-8(10(14)15)9(13)3-7(12)2/h3,5H,1,4H2,2H3,(H,14,15). The minimum Gasteiger partial charge on any atom is -0.477 e. The van der Waals surface area contributed by atoms with Crippen LogP contribution in [0.3, 0.4) is 0 Å². The minimum absolute atomic E-state index is 0.265. The maximum Gasteiger partial charge on any atom is 0.341 e. The van der Waals surface area contributed by atoms with Gasteiger partial charge >= 0.3 is 5.97 Å². The van der Waals surface area contributed by atoms with Gasteiger partial charge in [-0.05, 0) is 6.92 Å². The lowest BCUT2D eigenvalue weighted by molar-refractivity contribution is 0.0694. The number of pyridine rings is 1. The predicted molar refractivity (Wildman–Crippen MR) is 57.4 cm³/mol. The van der Waals surface area contributed by atoms with Crippen molar-refractivity contribution < 1.29 is 9.90 Å². The summed E-state index contributed by atoms with van der Waals surface area (Å²) in [5.74, 6) is -1.24. The second-order valence-electron chi connectivity index (χ2n) is 3.14. The van der Waals surface area contributed by atoms with Crippen molar-refractivity contribution in [2.75, 3.05) is 0 Å². The predicted octanol–water partition coefficient (Wildman–Crippen LogP) is 1.61. The first kappa shape index (κ1) is 11.5. The van der Waals surface area contributed by atoms with Crippen LogP contribution in [0.15, 0.2) is 28.7 Å². The molecule has 0 unspecified atom stereocenters. The summed E-state index contributed by atoms with van der Waals surface area (Å²) < 4.78 is 1.57. The molecule has 0 fully saturated rings. The summed E-state index contributed by atoms with van der Waals surface area (Å²) in [6.07, 6.45) is 1.27. The molecule has 80 valence electrons. The highest BCUT2D eigenvalue weighted by Gasteiger charge is 2.10. The van der Waals surface area contributed by atoms with Gasteiger partial charge in [-0.15, -0.1) is 0 Å². The van der Waals surface area contributed by atoms with Gasteiger partial charge in [0.25, 0.3) is 0 Å². The maximum absolute atomic E-state index is 11.3. The zero-order valence-corrected chi connectivity index (χ0v) is 8.91. The number of hydrogen-bond donors (Lipinski definition) is 1. The monoisotopic (exact) mass is 227 g/mol. The lowest BCUT2D eigenvalue weighted by Crippen LogP contribution is -2.19. The van der Waals surface area contributed by atoms with Gasteiger partial charge in [0.15, 0.2) is 5.43 Å². The minimum atomic E-state index is -1.24. The van der Waals surface area contributed by atoms with Crippen molar-refractivity contribution in [1.29, 1.82) is 0 Å². The number of allylic oxidation sites excluding steroid dienone is 1. The summed E-state index contributed by atoms with van der Waals surface area (Å²) in [7, 11) is 0. The van der Waals surface area contributed by atoms with E-state index in [1.807, 2.05) is 0 Å². The summed E-state index contributed by atoms with van der Waals surface area (Å²) in [5, 5.41) is 9.12. The number of rotatable bonds is 3. The highest BCUT2D eigenvalue weighted by atomic mass is 35.5. The molecule has 0 aliphatic heterocycles. The number of carbonyl (C=O) groups is 1. The van der Waals surface area contributed by atoms with E-state index in [-0.39, 0.29) is 12.1 Å². The van der Waals surface area contributed by atoms with Gasteiger partial charge in [-0.1, -0.05) is 18.2 Å². The molecule has 0 saturated carbocycles. The van der Waals surface area contributed by atoms with Gasteiger partial charge in [-0.2, -0.15) is 0 Å². The zero-order chi connectivity index (χ0) is 11.6. The van der Waals surface area contributed by atoms with Crippen molar-refractivity contribution in [3.8, 4) is 0 Å². The number of halogens is 1. The SMILES string of the molecule is C=C(Cl)Cn1cc(C(=O)O)c(=O)cc1C. The topological polar surface area (TPSA) is 59.3 Å². The van der Waals surface area contributed by atoms with Crippen LogP contribution in [0.25, 0.3) is 0 Å². The molecule has 0 aliphatic rings. The summed E-state index contributed by atoms with van der Waals surface area (Å²) >= 11 is 5.62. The van der Waals surface area contributed by atoms with Gasteiger partial charge in [0.05, 0.1) is 6.54 Å². The number of aryl methyl sites for hydroxylation is 1. The average Bonchev–Trinajstić information content (AvgIpc) is 2.08. The third kappa shape index (κ3) is 2.70. The molecule has 1 rings (SSSR count). The van der Waals surface area contributed by atoms with Crippen molar-refractivity contribution in [1.82, 2.24) is 4.57 Å². The van der Waals surface area contributed by atoms with Crippen molar-refractivity contribution in [2.24, 2.45) is 0 Å². The molecule has 0 aliphatic carbocycles. The van der Waals surface area contributed by atoms with Crippen LogP contribution in [0.4, 0.5) is 0 Å². The second-order valence-corrected chi connectivity index (χ2v) is 3.68. The number of aromatic nitrogens is 1. The lowest BCUT2D eigenvalue weighted by atomic mass is 10.2. The normalized spacial score (nSPS) is 10.0. The molecule has 1 aromatic heterocycles. The highest BCUT2D eigenvalue weighted by molar-refractivity contribution is 6.29. The number of carboxylic acids is 1. The van der Waals surface area contributed by atoms with Crippen LogP contribution in [0, 0.1) is 6.92 Å². The van der Waals surface area contributed by atoms with Gasteiger partial charge in [0.2, 0.25) is 0 Å². The highest BCUT2D eigenvalue weighted by Crippen LogP contribution is 2.06. The van der Waals surface area contributed by atoms with Crippen LogP contribution in [-0.4, -0.2) is 15.6 Å². The van der Waals surface area contributed by atoms with Crippen LogP contribution in [-0.2, 0) is 6.54 Å². The van der Waals surface area contributed by atoms with Gasteiger partial charge in [-0.25, -0.2) is 4.79 Å². The zero-order valence-electron chi connectivity index (χ0n) is 8.16. The Morgan fingerprint density at radius 1 is 1.67 bits per heavy atom. The van der Waals surface area contributed by atoms with Gasteiger partial charge in [0.1, 0.15) is 5.56 Å². The Balaban J connectivity index is 3.29. The van der Waals surface area contributed by atoms with E-state index in [2.05, 4.69) is 6.58 Å². The Morgan fingerprint density at radius 3 is 2.73 bits per heavy atom. The quantitative estimate of drug-likeness (QED) is 0.854. The third-order valence-corrected chi connectivity index (χ3v) is 2.04. The first-order valence-electron chi connectivity index (χ1n) is 4.19. The van der Waals surface area contributed by atoms with E-state index >= 15 is 0 Å². The maximum atomic E-state index is 11.3. The van der Waals surface area contributed by atoms with Crippen LogP contribution < -0.4 is 5.43 Å². The molecule has 15 heavy (non-hydrogen) atoms. The van der Waals surface area contributed by atoms with Gasteiger partial charge < -0.3 is 9.67 Å². The van der Waals surface area contributed by atoms with E-state index in [1.54, 1.807) is 11.5 Å². The molecular formula is C10H10ClNO3.